The average molecular weight is 371 g/mol. The molecule has 1 saturated heterocycles. The van der Waals surface area contributed by atoms with Crippen LogP contribution in [-0.2, 0) is 4.74 Å². The highest BCUT2D eigenvalue weighted by molar-refractivity contribution is 6.30. The number of ether oxygens (including phenoxy) is 1. The Morgan fingerprint density at radius 3 is 2.92 bits per heavy atom. The number of H-pyrrole nitrogens is 1. The number of nitrogens with two attached hydrogens (primary N) is 1. The van der Waals surface area contributed by atoms with E-state index in [1.54, 1.807) is 0 Å². The van der Waals surface area contributed by atoms with Gasteiger partial charge in [0.2, 0.25) is 0 Å². The number of aliphatic hydroxyl groups is 2. The van der Waals surface area contributed by atoms with Crippen LogP contribution in [0.2, 0.25) is 0 Å². The van der Waals surface area contributed by atoms with Crippen molar-refractivity contribution >= 4 is 22.6 Å². The van der Waals surface area contributed by atoms with Crippen molar-refractivity contribution in [2.75, 3.05) is 0 Å². The fraction of sp³-hybridized carbons (Fsp3) is 0.467. The zero-order chi connectivity index (χ0) is 18.5. The molecule has 3 rings (SSSR count). The molecule has 1 fully saturated rings. The van der Waals surface area contributed by atoms with Gasteiger partial charge in [-0.15, -0.1) is 0 Å². The lowest BCUT2D eigenvalue weighted by atomic mass is 9.90. The molecule has 0 aliphatic carbocycles. The first-order chi connectivity index (χ1) is 11.7. The van der Waals surface area contributed by atoms with Crippen LogP contribution in [0.25, 0.3) is 11.0 Å². The molecule has 0 aromatic carbocycles. The van der Waals surface area contributed by atoms with Gasteiger partial charge in [0.05, 0.1) is 6.10 Å². The Morgan fingerprint density at radius 1 is 1.64 bits per heavy atom. The van der Waals surface area contributed by atoms with Crippen LogP contribution in [-0.4, -0.2) is 48.6 Å². The molecule has 1 aliphatic heterocycles. The van der Waals surface area contributed by atoms with E-state index in [9.17, 15) is 19.4 Å². The van der Waals surface area contributed by atoms with Crippen LogP contribution in [0.15, 0.2) is 11.0 Å². The first-order valence-electron chi connectivity index (χ1n) is 7.41. The summed E-state index contributed by atoms with van der Waals surface area (Å²) in [6.07, 6.45) is -3.81. The van der Waals surface area contributed by atoms with E-state index in [4.69, 9.17) is 22.1 Å². The lowest BCUT2D eigenvalue weighted by Crippen LogP contribution is -2.54. The highest BCUT2D eigenvalue weighted by Gasteiger charge is 2.56. The summed E-state index contributed by atoms with van der Waals surface area (Å²) >= 11 is 5.47. The van der Waals surface area contributed by atoms with Crippen molar-refractivity contribution in [3.05, 3.63) is 28.2 Å². The molecule has 1 aliphatic rings. The summed E-state index contributed by atoms with van der Waals surface area (Å²) in [4.78, 5) is 18.6. The number of halogens is 2. The van der Waals surface area contributed by atoms with Gasteiger partial charge >= 0.3 is 0 Å². The van der Waals surface area contributed by atoms with Crippen molar-refractivity contribution in [2.24, 2.45) is 5.73 Å². The lowest BCUT2D eigenvalue weighted by Gasteiger charge is -2.27. The Balaban J connectivity index is 2.25. The zero-order valence-electron chi connectivity index (χ0n) is 13.3. The molecule has 3 heterocycles. The van der Waals surface area contributed by atoms with E-state index in [0.717, 1.165) is 6.20 Å². The first-order valence-corrected chi connectivity index (χ1v) is 7.78. The van der Waals surface area contributed by atoms with Crippen LogP contribution in [0.3, 0.4) is 0 Å². The fourth-order valence-corrected chi connectivity index (χ4v) is 3.21. The highest BCUT2D eigenvalue weighted by Crippen LogP contribution is 2.39. The molecule has 2 aromatic rings. The second-order valence-electron chi connectivity index (χ2n) is 6.03. The molecule has 5 N–H and O–H groups in total. The molecule has 0 saturated carbocycles. The van der Waals surface area contributed by atoms with E-state index in [1.165, 1.54) is 18.4 Å². The van der Waals surface area contributed by atoms with E-state index in [2.05, 4.69) is 21.3 Å². The Hall–Kier alpha value is -1.96. The van der Waals surface area contributed by atoms with Crippen LogP contribution in [0.5, 0.6) is 0 Å². The molecule has 1 unspecified atom stereocenters. The summed E-state index contributed by atoms with van der Waals surface area (Å²) < 4.78 is 21.1. The average Bonchev–Trinajstić information content (AvgIpc) is 2.96. The summed E-state index contributed by atoms with van der Waals surface area (Å²) in [7, 11) is 0. The minimum Gasteiger partial charge on any atom is -0.391 e. The molecule has 0 bridgehead atoms. The topological polar surface area (TPSA) is 126 Å². The summed E-state index contributed by atoms with van der Waals surface area (Å²) in [5, 5.41) is 22.1. The van der Waals surface area contributed by atoms with Gasteiger partial charge < -0.3 is 25.7 Å². The van der Waals surface area contributed by atoms with Crippen molar-refractivity contribution in [1.29, 1.82) is 0 Å². The van der Waals surface area contributed by atoms with E-state index in [0.29, 0.717) is 0 Å². The van der Waals surface area contributed by atoms with E-state index in [1.807, 2.05) is 0 Å². The lowest BCUT2D eigenvalue weighted by molar-refractivity contribution is -0.0756. The number of nitrogens with one attached hydrogen (secondary N) is 1. The van der Waals surface area contributed by atoms with Gasteiger partial charge in [0.25, 0.3) is 5.56 Å². The smallest absolute Gasteiger partial charge is 0.263 e. The third-order valence-electron chi connectivity index (χ3n) is 4.24. The number of hydrogen-bond donors (Lipinski definition) is 4. The molecule has 5 atom stereocenters. The van der Waals surface area contributed by atoms with Gasteiger partial charge in [0.15, 0.2) is 23.2 Å². The number of rotatable bonds is 2. The Bertz CT molecular complexity index is 947. The predicted molar refractivity (Wildman–Crippen MR) is 87.2 cm³/mol. The summed E-state index contributed by atoms with van der Waals surface area (Å²) in [6, 6.07) is 0. The zero-order valence-corrected chi connectivity index (χ0v) is 14.1. The minimum atomic E-state index is -1.75. The minimum absolute atomic E-state index is 0.0200. The highest BCUT2D eigenvalue weighted by atomic mass is 35.5. The van der Waals surface area contributed by atoms with Gasteiger partial charge in [-0.05, 0) is 25.4 Å². The van der Waals surface area contributed by atoms with E-state index < -0.39 is 41.5 Å². The second-order valence-corrected chi connectivity index (χ2v) is 6.21. The molecule has 10 heteroatoms. The Morgan fingerprint density at radius 2 is 2.32 bits per heavy atom. The summed E-state index contributed by atoms with van der Waals surface area (Å²) in [5.41, 5.74) is 3.77. The van der Waals surface area contributed by atoms with Crippen LogP contribution >= 0.6 is 11.6 Å². The van der Waals surface area contributed by atoms with Gasteiger partial charge in [-0.1, -0.05) is 5.92 Å². The van der Waals surface area contributed by atoms with Crippen molar-refractivity contribution in [3.8, 4) is 11.3 Å². The van der Waals surface area contributed by atoms with Gasteiger partial charge in [-0.2, -0.15) is 0 Å². The van der Waals surface area contributed by atoms with Crippen LogP contribution in [0.4, 0.5) is 4.39 Å². The summed E-state index contributed by atoms with van der Waals surface area (Å²) in [6.45, 7) is 2.94. The molecule has 8 nitrogen and oxygen atoms in total. The Kier molecular flexibility index (Phi) is 4.35. The van der Waals surface area contributed by atoms with Gasteiger partial charge in [-0.25, -0.2) is 9.37 Å². The first kappa shape index (κ1) is 17.8. The molecule has 2 aromatic heterocycles. The number of fused-ring (bicyclic) bond motifs is 1. The van der Waals surface area contributed by atoms with Crippen molar-refractivity contribution in [2.45, 2.75) is 43.9 Å². The van der Waals surface area contributed by atoms with Gasteiger partial charge in [0.1, 0.15) is 23.4 Å². The number of aromatic nitrogens is 3. The molecular weight excluding hydrogens is 355 g/mol. The third-order valence-corrected chi connectivity index (χ3v) is 4.34. The maximum absolute atomic E-state index is 14.3. The second kappa shape index (κ2) is 6.09. The molecule has 0 radical (unpaired) electrons. The third kappa shape index (κ3) is 2.63. The molecule has 0 spiro atoms. The number of hydrogen-bond acceptors (Lipinski definition) is 6. The van der Waals surface area contributed by atoms with Gasteiger partial charge in [-0.3, -0.25) is 9.36 Å². The number of nitrogens with zero attached hydrogens (tertiary/aromatic N) is 2. The monoisotopic (exact) mass is 370 g/mol. The summed E-state index contributed by atoms with van der Waals surface area (Å²) in [5.74, 6) is 1.89. The number of aryl methyl sites for hydroxylation is 1. The molecule has 0 amide bonds. The normalized spacial score (nSPS) is 30.3. The predicted octanol–water partition coefficient (Wildman–Crippen LogP) is -0.292. The van der Waals surface area contributed by atoms with E-state index >= 15 is 0 Å². The van der Waals surface area contributed by atoms with Crippen molar-refractivity contribution in [3.63, 3.8) is 0 Å². The Labute approximate surface area is 146 Å². The molecular formula is C15H16ClFN4O4. The largest absolute Gasteiger partial charge is 0.391 e. The number of aromatic amines is 1. The van der Waals surface area contributed by atoms with Crippen LogP contribution < -0.4 is 11.3 Å². The maximum Gasteiger partial charge on any atom is 0.263 e. The fourth-order valence-electron chi connectivity index (χ4n) is 3.04. The van der Waals surface area contributed by atoms with Gasteiger partial charge in [0, 0.05) is 11.6 Å². The van der Waals surface area contributed by atoms with E-state index in [-0.39, 0.29) is 16.9 Å². The van der Waals surface area contributed by atoms with Crippen LogP contribution in [0, 0.1) is 24.0 Å². The molecule has 25 heavy (non-hydrogen) atoms. The SMILES string of the molecule is Cc1nc2c(c(F)cn2[C@@H]2O[C@H]([C@@H](C)O)[C@H](O)C2(N)C#CCl)c(=O)[nH]1. The van der Waals surface area contributed by atoms with Crippen molar-refractivity contribution in [1.82, 2.24) is 14.5 Å². The number of aliphatic hydroxyl groups excluding tert-OH is 2. The van der Waals surface area contributed by atoms with Crippen LogP contribution in [0.1, 0.15) is 19.0 Å². The maximum atomic E-state index is 14.3. The quantitative estimate of drug-likeness (QED) is 0.538. The standard InChI is InChI=1S/C15H16ClFN4O4/c1-6(22)10-11(23)15(18,3-4-16)14(25-10)21-5-8(17)9-12(21)19-7(2)20-13(9)24/h5-6,10-11,14,22-23H,18H2,1-2H3,(H,19,20,24)/t6-,10-,11+,14-,15?/m1/s1. The molecule has 134 valence electrons. The van der Waals surface area contributed by atoms with Crippen molar-refractivity contribution < 1.29 is 19.3 Å².